The van der Waals surface area contributed by atoms with Crippen molar-refractivity contribution in [1.29, 1.82) is 0 Å². The SMILES string of the molecule is COc1ccc2nc(C(F)(F)CCCC3CC34CCCC4C)c(=O)[nH]c2c1. The molecule has 146 valence electrons. The zero-order valence-corrected chi connectivity index (χ0v) is 15.9. The molecular weight excluding hydrogens is 350 g/mol. The number of rotatable bonds is 6. The van der Waals surface area contributed by atoms with E-state index >= 15 is 0 Å². The van der Waals surface area contributed by atoms with Crippen LogP contribution in [0.4, 0.5) is 8.78 Å². The van der Waals surface area contributed by atoms with Crippen LogP contribution in [0.3, 0.4) is 0 Å². The summed E-state index contributed by atoms with van der Waals surface area (Å²) in [6, 6.07) is 4.81. The lowest BCUT2D eigenvalue weighted by atomic mass is 9.90. The number of hydrogen-bond donors (Lipinski definition) is 1. The molecule has 4 rings (SSSR count). The fraction of sp³-hybridized carbons (Fsp3) is 0.619. The first-order valence-corrected chi connectivity index (χ1v) is 9.82. The van der Waals surface area contributed by atoms with Crippen molar-refractivity contribution in [2.45, 2.75) is 57.8 Å². The van der Waals surface area contributed by atoms with Crippen LogP contribution >= 0.6 is 0 Å². The minimum atomic E-state index is -3.22. The molecule has 0 saturated heterocycles. The molecule has 3 atom stereocenters. The molecule has 27 heavy (non-hydrogen) atoms. The maximum absolute atomic E-state index is 14.7. The first-order chi connectivity index (χ1) is 12.9. The van der Waals surface area contributed by atoms with E-state index in [-0.39, 0.29) is 6.42 Å². The van der Waals surface area contributed by atoms with Gasteiger partial charge in [-0.05, 0) is 55.1 Å². The summed E-state index contributed by atoms with van der Waals surface area (Å²) in [5, 5.41) is 0. The molecule has 6 heteroatoms. The van der Waals surface area contributed by atoms with Gasteiger partial charge in [0.25, 0.3) is 11.5 Å². The van der Waals surface area contributed by atoms with Crippen molar-refractivity contribution in [2.75, 3.05) is 7.11 Å². The first kappa shape index (κ1) is 18.4. The predicted molar refractivity (Wildman–Crippen MR) is 100 cm³/mol. The van der Waals surface area contributed by atoms with Crippen molar-refractivity contribution in [3.05, 3.63) is 34.2 Å². The lowest BCUT2D eigenvalue weighted by Crippen LogP contribution is -2.27. The maximum atomic E-state index is 14.7. The van der Waals surface area contributed by atoms with E-state index in [1.54, 1.807) is 18.2 Å². The summed E-state index contributed by atoms with van der Waals surface area (Å²) < 4.78 is 34.5. The third-order valence-electron chi connectivity index (χ3n) is 6.83. The molecule has 1 aromatic carbocycles. The number of nitrogens with one attached hydrogen (secondary N) is 1. The van der Waals surface area contributed by atoms with E-state index in [1.165, 1.54) is 32.8 Å². The molecule has 0 radical (unpaired) electrons. The van der Waals surface area contributed by atoms with Crippen molar-refractivity contribution in [3.8, 4) is 5.75 Å². The van der Waals surface area contributed by atoms with Crippen LogP contribution in [0, 0.1) is 17.3 Å². The van der Waals surface area contributed by atoms with Crippen LogP contribution < -0.4 is 10.3 Å². The van der Waals surface area contributed by atoms with Crippen LogP contribution in [-0.4, -0.2) is 17.1 Å². The molecule has 0 amide bonds. The van der Waals surface area contributed by atoms with Crippen molar-refractivity contribution in [3.63, 3.8) is 0 Å². The molecule has 1 heterocycles. The molecule has 2 aliphatic carbocycles. The Morgan fingerprint density at radius 3 is 2.93 bits per heavy atom. The normalized spacial score (nSPS) is 27.4. The monoisotopic (exact) mass is 376 g/mol. The summed E-state index contributed by atoms with van der Waals surface area (Å²) in [4.78, 5) is 18.7. The summed E-state index contributed by atoms with van der Waals surface area (Å²) in [6.07, 6.45) is 5.91. The van der Waals surface area contributed by atoms with Crippen molar-refractivity contribution in [1.82, 2.24) is 9.97 Å². The maximum Gasteiger partial charge on any atom is 0.295 e. The number of benzene rings is 1. The Balaban J connectivity index is 1.45. The van der Waals surface area contributed by atoms with Gasteiger partial charge >= 0.3 is 0 Å². The van der Waals surface area contributed by atoms with Gasteiger partial charge in [-0.2, -0.15) is 8.78 Å². The predicted octanol–water partition coefficient (Wildman–Crippen LogP) is 5.02. The Labute approximate surface area is 157 Å². The third-order valence-corrected chi connectivity index (χ3v) is 6.83. The molecule has 1 aromatic heterocycles. The van der Waals surface area contributed by atoms with E-state index < -0.39 is 17.2 Å². The molecule has 0 bridgehead atoms. The highest BCUT2D eigenvalue weighted by Gasteiger charge is 2.58. The average Bonchev–Trinajstić information content (AvgIpc) is 3.21. The Bertz CT molecular complexity index is 911. The summed E-state index contributed by atoms with van der Waals surface area (Å²) in [7, 11) is 1.51. The van der Waals surface area contributed by atoms with Gasteiger partial charge in [0.1, 0.15) is 5.75 Å². The second-order valence-electron chi connectivity index (χ2n) is 8.32. The van der Waals surface area contributed by atoms with Crippen LogP contribution in [0.15, 0.2) is 23.0 Å². The number of aromatic nitrogens is 2. The molecule has 2 aliphatic rings. The molecule has 2 saturated carbocycles. The van der Waals surface area contributed by atoms with Crippen molar-refractivity contribution < 1.29 is 13.5 Å². The second-order valence-corrected chi connectivity index (χ2v) is 8.32. The highest BCUT2D eigenvalue weighted by Crippen LogP contribution is 2.67. The zero-order valence-electron chi connectivity index (χ0n) is 15.9. The topological polar surface area (TPSA) is 55.0 Å². The fourth-order valence-corrected chi connectivity index (χ4v) is 5.10. The van der Waals surface area contributed by atoms with Crippen LogP contribution in [-0.2, 0) is 5.92 Å². The van der Waals surface area contributed by atoms with Gasteiger partial charge in [0.05, 0.1) is 18.1 Å². The number of fused-ring (bicyclic) bond motifs is 1. The molecule has 1 N–H and O–H groups in total. The molecule has 2 aromatic rings. The number of aromatic amines is 1. The average molecular weight is 376 g/mol. The fourth-order valence-electron chi connectivity index (χ4n) is 5.10. The van der Waals surface area contributed by atoms with E-state index in [1.807, 2.05) is 0 Å². The van der Waals surface area contributed by atoms with Gasteiger partial charge in [-0.25, -0.2) is 4.98 Å². The molecule has 4 nitrogen and oxygen atoms in total. The van der Waals surface area contributed by atoms with E-state index in [2.05, 4.69) is 16.9 Å². The van der Waals surface area contributed by atoms with E-state index in [0.29, 0.717) is 34.5 Å². The van der Waals surface area contributed by atoms with E-state index in [0.717, 1.165) is 12.3 Å². The van der Waals surface area contributed by atoms with Gasteiger partial charge in [0, 0.05) is 12.5 Å². The lowest BCUT2D eigenvalue weighted by Gasteiger charge is -2.17. The van der Waals surface area contributed by atoms with Gasteiger partial charge < -0.3 is 9.72 Å². The standard InChI is InChI=1S/C21H26F2N2O2/c1-13-5-3-9-20(13)12-14(20)6-4-10-21(22,23)18-19(26)25-17-11-15(27-2)7-8-16(17)24-18/h7-8,11,13-14H,3-6,9-10,12H2,1-2H3,(H,25,26). The molecule has 2 fully saturated rings. The highest BCUT2D eigenvalue weighted by molar-refractivity contribution is 5.75. The quantitative estimate of drug-likeness (QED) is 0.770. The molecule has 3 unspecified atom stereocenters. The first-order valence-electron chi connectivity index (χ1n) is 9.82. The van der Waals surface area contributed by atoms with Crippen LogP contribution in [0.5, 0.6) is 5.75 Å². The summed E-state index contributed by atoms with van der Waals surface area (Å²) in [5.74, 6) is -1.37. The minimum absolute atomic E-state index is 0.328. The van der Waals surface area contributed by atoms with Gasteiger partial charge in [0.2, 0.25) is 0 Å². The van der Waals surface area contributed by atoms with E-state index in [9.17, 15) is 13.6 Å². The Kier molecular flexibility index (Phi) is 4.47. The lowest BCUT2D eigenvalue weighted by molar-refractivity contribution is -0.0218. The van der Waals surface area contributed by atoms with Crippen LogP contribution in [0.2, 0.25) is 0 Å². The van der Waals surface area contributed by atoms with Gasteiger partial charge in [-0.15, -0.1) is 0 Å². The molecule has 0 aliphatic heterocycles. The minimum Gasteiger partial charge on any atom is -0.497 e. The number of hydrogen-bond acceptors (Lipinski definition) is 3. The largest absolute Gasteiger partial charge is 0.497 e. The number of ether oxygens (including phenoxy) is 1. The Morgan fingerprint density at radius 2 is 2.22 bits per heavy atom. The Hall–Kier alpha value is -1.98. The number of H-pyrrole nitrogens is 1. The van der Waals surface area contributed by atoms with Crippen LogP contribution in [0.1, 0.15) is 57.6 Å². The number of nitrogens with zero attached hydrogens (tertiary/aromatic N) is 1. The number of alkyl halides is 2. The number of halogens is 2. The smallest absolute Gasteiger partial charge is 0.295 e. The summed E-state index contributed by atoms with van der Waals surface area (Å²) in [6.45, 7) is 2.30. The van der Waals surface area contributed by atoms with E-state index in [4.69, 9.17) is 4.74 Å². The van der Waals surface area contributed by atoms with Gasteiger partial charge in [0.15, 0.2) is 5.69 Å². The zero-order chi connectivity index (χ0) is 19.2. The molecule has 1 spiro atoms. The Morgan fingerprint density at radius 1 is 1.41 bits per heavy atom. The van der Waals surface area contributed by atoms with Gasteiger partial charge in [-0.1, -0.05) is 19.8 Å². The van der Waals surface area contributed by atoms with Crippen molar-refractivity contribution >= 4 is 11.0 Å². The highest BCUT2D eigenvalue weighted by atomic mass is 19.3. The third kappa shape index (κ3) is 3.23. The molecular formula is C21H26F2N2O2. The van der Waals surface area contributed by atoms with Gasteiger partial charge in [-0.3, -0.25) is 4.79 Å². The van der Waals surface area contributed by atoms with Crippen molar-refractivity contribution in [2.24, 2.45) is 17.3 Å². The second kappa shape index (κ2) is 6.57. The number of methoxy groups -OCH3 is 1. The summed E-state index contributed by atoms with van der Waals surface area (Å²) >= 11 is 0. The summed E-state index contributed by atoms with van der Waals surface area (Å²) in [5.41, 5.74) is -0.333. The van der Waals surface area contributed by atoms with Crippen LogP contribution in [0.25, 0.3) is 11.0 Å².